The molecule has 0 unspecified atom stereocenters. The topological polar surface area (TPSA) is 126 Å². The number of aromatic carboxylic acids is 1. The first-order valence-corrected chi connectivity index (χ1v) is 9.62. The minimum Gasteiger partial charge on any atom is -0.478 e. The largest absolute Gasteiger partial charge is 0.478 e. The summed E-state index contributed by atoms with van der Waals surface area (Å²) in [6.45, 7) is 2.57. The van der Waals surface area contributed by atoms with Crippen LogP contribution < -0.4 is 0 Å². The predicted molar refractivity (Wildman–Crippen MR) is 77.5 cm³/mol. The molecule has 2 rings (SSSR count). The van der Waals surface area contributed by atoms with Crippen molar-refractivity contribution in [1.82, 2.24) is 0 Å². The summed E-state index contributed by atoms with van der Waals surface area (Å²) >= 11 is 0. The average Bonchev–Trinajstić information content (AvgIpc) is 3.09. The van der Waals surface area contributed by atoms with Crippen LogP contribution in [0, 0.1) is 19.8 Å². The van der Waals surface area contributed by atoms with Crippen molar-refractivity contribution in [2.75, 3.05) is 5.75 Å². The second kappa shape index (κ2) is 5.32. The van der Waals surface area contributed by atoms with E-state index >= 15 is 0 Å². The lowest BCUT2D eigenvalue weighted by molar-refractivity contribution is 0.0695. The SMILES string of the molecule is Cc1c(C(=O)O)cc(S(=O)(=O)O)c(C)c1S(=O)(=O)CC1CC1. The highest BCUT2D eigenvalue weighted by atomic mass is 32.2. The third-order valence-electron chi connectivity index (χ3n) is 3.70. The zero-order valence-electron chi connectivity index (χ0n) is 12.0. The van der Waals surface area contributed by atoms with E-state index in [1.165, 1.54) is 13.8 Å². The normalized spacial score (nSPS) is 15.8. The summed E-state index contributed by atoms with van der Waals surface area (Å²) in [6, 6.07) is 0.790. The molecule has 9 heteroatoms. The fourth-order valence-electron chi connectivity index (χ4n) is 2.50. The average molecular weight is 348 g/mol. The van der Waals surface area contributed by atoms with Crippen molar-refractivity contribution >= 4 is 25.9 Å². The number of sulfone groups is 1. The van der Waals surface area contributed by atoms with E-state index in [2.05, 4.69) is 0 Å². The molecule has 0 bridgehead atoms. The molecule has 1 fully saturated rings. The Bertz CT molecular complexity index is 847. The highest BCUT2D eigenvalue weighted by molar-refractivity contribution is 7.91. The molecule has 2 N–H and O–H groups in total. The molecule has 0 aliphatic heterocycles. The van der Waals surface area contributed by atoms with Crippen LogP contribution in [-0.2, 0) is 20.0 Å². The molecule has 1 aliphatic carbocycles. The standard InChI is InChI=1S/C13H16O7S2/c1-7-10(13(14)15)5-11(22(18,19)20)8(2)12(7)21(16,17)6-9-3-4-9/h5,9H,3-4,6H2,1-2H3,(H,14,15)(H,18,19,20). The number of carboxylic acid groups (broad SMARTS) is 1. The summed E-state index contributed by atoms with van der Waals surface area (Å²) in [5.41, 5.74) is -0.615. The molecule has 0 aromatic heterocycles. The molecule has 0 radical (unpaired) electrons. The van der Waals surface area contributed by atoms with Gasteiger partial charge in [0.25, 0.3) is 10.1 Å². The number of rotatable bonds is 5. The highest BCUT2D eigenvalue weighted by Gasteiger charge is 2.34. The Morgan fingerprint density at radius 1 is 1.18 bits per heavy atom. The van der Waals surface area contributed by atoms with Crippen LogP contribution in [0.25, 0.3) is 0 Å². The van der Waals surface area contributed by atoms with Crippen molar-refractivity contribution in [2.24, 2.45) is 5.92 Å². The smallest absolute Gasteiger partial charge is 0.336 e. The highest BCUT2D eigenvalue weighted by Crippen LogP contribution is 2.36. The number of hydrogen-bond donors (Lipinski definition) is 2. The van der Waals surface area contributed by atoms with Crippen LogP contribution >= 0.6 is 0 Å². The molecule has 7 nitrogen and oxygen atoms in total. The number of carbonyl (C=O) groups is 1. The molecule has 0 amide bonds. The Morgan fingerprint density at radius 2 is 1.73 bits per heavy atom. The minimum atomic E-state index is -4.73. The summed E-state index contributed by atoms with van der Waals surface area (Å²) in [4.78, 5) is 10.3. The molecule has 122 valence electrons. The Morgan fingerprint density at radius 3 is 2.14 bits per heavy atom. The van der Waals surface area contributed by atoms with Gasteiger partial charge in [-0.05, 0) is 49.8 Å². The molecule has 0 heterocycles. The van der Waals surface area contributed by atoms with Gasteiger partial charge >= 0.3 is 5.97 Å². The summed E-state index contributed by atoms with van der Waals surface area (Å²) in [6.07, 6.45) is 1.56. The van der Waals surface area contributed by atoms with Crippen molar-refractivity contribution in [3.63, 3.8) is 0 Å². The molecule has 22 heavy (non-hydrogen) atoms. The van der Waals surface area contributed by atoms with E-state index in [0.29, 0.717) is 0 Å². The van der Waals surface area contributed by atoms with Crippen molar-refractivity contribution in [2.45, 2.75) is 36.5 Å². The Hall–Kier alpha value is -1.45. The number of carboxylic acids is 1. The first-order valence-electron chi connectivity index (χ1n) is 6.53. The van der Waals surface area contributed by atoms with E-state index in [-0.39, 0.29) is 27.7 Å². The summed E-state index contributed by atoms with van der Waals surface area (Å²) < 4.78 is 57.1. The molecular formula is C13H16O7S2. The number of benzene rings is 1. The van der Waals surface area contributed by atoms with E-state index in [1.807, 2.05) is 0 Å². The van der Waals surface area contributed by atoms with Crippen LogP contribution in [0.4, 0.5) is 0 Å². The molecule has 1 aromatic carbocycles. The van der Waals surface area contributed by atoms with Crippen molar-refractivity contribution in [3.8, 4) is 0 Å². The van der Waals surface area contributed by atoms with Crippen molar-refractivity contribution in [3.05, 3.63) is 22.8 Å². The molecule has 1 aromatic rings. The fraction of sp³-hybridized carbons (Fsp3) is 0.462. The quantitative estimate of drug-likeness (QED) is 0.771. The van der Waals surface area contributed by atoms with E-state index in [1.54, 1.807) is 0 Å². The zero-order valence-corrected chi connectivity index (χ0v) is 13.7. The second-order valence-electron chi connectivity index (χ2n) is 5.51. The van der Waals surface area contributed by atoms with E-state index in [9.17, 15) is 26.2 Å². The van der Waals surface area contributed by atoms with Crippen molar-refractivity contribution < 1.29 is 31.3 Å². The maximum atomic E-state index is 12.5. The first-order chi connectivity index (χ1) is 9.95. The van der Waals surface area contributed by atoms with Gasteiger partial charge in [-0.3, -0.25) is 4.55 Å². The molecular weight excluding hydrogens is 332 g/mol. The maximum Gasteiger partial charge on any atom is 0.336 e. The summed E-state index contributed by atoms with van der Waals surface area (Å²) in [5.74, 6) is -1.58. The van der Waals surface area contributed by atoms with Gasteiger partial charge in [-0.25, -0.2) is 13.2 Å². The van der Waals surface area contributed by atoms with Gasteiger partial charge in [0.05, 0.1) is 21.1 Å². The van der Waals surface area contributed by atoms with Crippen molar-refractivity contribution in [1.29, 1.82) is 0 Å². The minimum absolute atomic E-state index is 0.0157. The van der Waals surface area contributed by atoms with E-state index in [0.717, 1.165) is 18.9 Å². The van der Waals surface area contributed by atoms with Gasteiger partial charge in [0.2, 0.25) is 0 Å². The van der Waals surface area contributed by atoms with Crippen LogP contribution in [0.3, 0.4) is 0 Å². The number of hydrogen-bond acceptors (Lipinski definition) is 5. The van der Waals surface area contributed by atoms with Crippen LogP contribution in [-0.4, -0.2) is 38.2 Å². The Labute approximate surface area is 128 Å². The Kier molecular flexibility index (Phi) is 4.09. The Balaban J connectivity index is 2.81. The lowest BCUT2D eigenvalue weighted by atomic mass is 10.1. The maximum absolute atomic E-state index is 12.5. The van der Waals surface area contributed by atoms with Gasteiger partial charge in [-0.2, -0.15) is 8.42 Å². The van der Waals surface area contributed by atoms with Gasteiger partial charge in [-0.15, -0.1) is 0 Å². The fourth-order valence-corrected chi connectivity index (χ4v) is 5.59. The molecule has 0 spiro atoms. The van der Waals surface area contributed by atoms with E-state index in [4.69, 9.17) is 5.11 Å². The monoisotopic (exact) mass is 348 g/mol. The van der Waals surface area contributed by atoms with Crippen LogP contribution in [0.1, 0.15) is 34.3 Å². The second-order valence-corrected chi connectivity index (χ2v) is 8.87. The molecule has 0 atom stereocenters. The first kappa shape index (κ1) is 16.9. The molecule has 1 saturated carbocycles. The van der Waals surface area contributed by atoms with E-state index < -0.39 is 36.4 Å². The lowest BCUT2D eigenvalue weighted by Gasteiger charge is -2.15. The summed E-state index contributed by atoms with van der Waals surface area (Å²) in [5, 5.41) is 9.16. The van der Waals surface area contributed by atoms with Crippen LogP contribution in [0.15, 0.2) is 15.9 Å². The predicted octanol–water partition coefficient (Wildman–Crippen LogP) is 1.43. The van der Waals surface area contributed by atoms with Crippen LogP contribution in [0.5, 0.6) is 0 Å². The van der Waals surface area contributed by atoms with Gasteiger partial charge < -0.3 is 5.11 Å². The van der Waals surface area contributed by atoms with Crippen LogP contribution in [0.2, 0.25) is 0 Å². The third-order valence-corrected chi connectivity index (χ3v) is 6.83. The molecule has 1 aliphatic rings. The lowest BCUT2D eigenvalue weighted by Crippen LogP contribution is -2.17. The summed E-state index contributed by atoms with van der Waals surface area (Å²) in [7, 11) is -8.57. The molecule has 0 saturated heterocycles. The van der Waals surface area contributed by atoms with Gasteiger partial charge in [0.1, 0.15) is 0 Å². The third kappa shape index (κ3) is 3.16. The zero-order chi connectivity index (χ0) is 16.9. The van der Waals surface area contributed by atoms with Gasteiger partial charge in [-0.1, -0.05) is 0 Å². The van der Waals surface area contributed by atoms with Gasteiger partial charge in [0.15, 0.2) is 9.84 Å². The van der Waals surface area contributed by atoms with Gasteiger partial charge in [0, 0.05) is 0 Å².